The Balaban J connectivity index is 2.01. The minimum absolute atomic E-state index is 1.23. The second-order valence-electron chi connectivity index (χ2n) is 8.63. The largest absolute Gasteiger partial charge is 0.0839 e. The molecular formula is C28H48. The lowest BCUT2D eigenvalue weighted by molar-refractivity contribution is 0.575. The summed E-state index contributed by atoms with van der Waals surface area (Å²) >= 11 is 0. The van der Waals surface area contributed by atoms with Gasteiger partial charge in [-0.05, 0) is 36.8 Å². The standard InChI is InChI=1S/C28H48/c1-3-5-7-9-11-13-14-16-18-20-22-28-25-23-27(24-26-28)21-19-17-15-12-10-8-6-4-2/h20,22-26H,3-19,21H2,1-2H3. The van der Waals surface area contributed by atoms with Crippen molar-refractivity contribution in [2.45, 2.75) is 129 Å². The summed E-state index contributed by atoms with van der Waals surface area (Å²) in [6.07, 6.45) is 29.6. The maximum atomic E-state index is 2.37. The van der Waals surface area contributed by atoms with E-state index in [0.29, 0.717) is 0 Å². The summed E-state index contributed by atoms with van der Waals surface area (Å²) < 4.78 is 0. The van der Waals surface area contributed by atoms with Crippen molar-refractivity contribution in [2.24, 2.45) is 0 Å². The van der Waals surface area contributed by atoms with Gasteiger partial charge in [-0.1, -0.05) is 140 Å². The average Bonchev–Trinajstić information content (AvgIpc) is 2.72. The molecule has 0 aromatic heterocycles. The molecule has 1 aromatic rings. The molecule has 0 atom stereocenters. The molecule has 0 saturated carbocycles. The lowest BCUT2D eigenvalue weighted by atomic mass is 10.0. The monoisotopic (exact) mass is 384 g/mol. The van der Waals surface area contributed by atoms with Crippen LogP contribution in [0.25, 0.3) is 6.08 Å². The molecular weight excluding hydrogens is 336 g/mol. The highest BCUT2D eigenvalue weighted by molar-refractivity contribution is 5.49. The van der Waals surface area contributed by atoms with Crippen LogP contribution >= 0.6 is 0 Å². The van der Waals surface area contributed by atoms with Crippen LogP contribution in [0.2, 0.25) is 0 Å². The molecule has 0 fully saturated rings. The Bertz CT molecular complexity index is 453. The molecule has 1 aromatic carbocycles. The van der Waals surface area contributed by atoms with Crippen molar-refractivity contribution in [3.8, 4) is 0 Å². The van der Waals surface area contributed by atoms with Crippen molar-refractivity contribution in [1.29, 1.82) is 0 Å². The Morgan fingerprint density at radius 2 is 1.00 bits per heavy atom. The van der Waals surface area contributed by atoms with E-state index in [9.17, 15) is 0 Å². The first-order chi connectivity index (χ1) is 13.9. The lowest BCUT2D eigenvalue weighted by Gasteiger charge is -2.03. The minimum Gasteiger partial charge on any atom is -0.0839 e. The molecule has 0 radical (unpaired) electrons. The van der Waals surface area contributed by atoms with Gasteiger partial charge in [0.15, 0.2) is 0 Å². The summed E-state index contributed by atoms with van der Waals surface area (Å²) in [5.41, 5.74) is 2.87. The Labute approximate surface area is 177 Å². The van der Waals surface area contributed by atoms with Gasteiger partial charge in [-0.15, -0.1) is 0 Å². The molecule has 0 aliphatic carbocycles. The molecule has 0 aliphatic heterocycles. The van der Waals surface area contributed by atoms with Crippen molar-refractivity contribution in [3.63, 3.8) is 0 Å². The summed E-state index contributed by atoms with van der Waals surface area (Å²) in [5.74, 6) is 0. The first kappa shape index (κ1) is 25.0. The van der Waals surface area contributed by atoms with Crippen LogP contribution in [0, 0.1) is 0 Å². The van der Waals surface area contributed by atoms with Gasteiger partial charge < -0.3 is 0 Å². The van der Waals surface area contributed by atoms with Gasteiger partial charge in [0, 0.05) is 0 Å². The molecule has 0 nitrogen and oxygen atoms in total. The predicted molar refractivity (Wildman–Crippen MR) is 129 cm³/mol. The van der Waals surface area contributed by atoms with Crippen LogP contribution in [0.15, 0.2) is 30.3 Å². The third-order valence-electron chi connectivity index (χ3n) is 5.83. The second kappa shape index (κ2) is 19.3. The van der Waals surface area contributed by atoms with Crippen molar-refractivity contribution >= 4 is 6.08 Å². The van der Waals surface area contributed by atoms with Crippen LogP contribution < -0.4 is 0 Å². The van der Waals surface area contributed by atoms with E-state index in [1.165, 1.54) is 127 Å². The van der Waals surface area contributed by atoms with E-state index in [-0.39, 0.29) is 0 Å². The van der Waals surface area contributed by atoms with Gasteiger partial charge in [-0.25, -0.2) is 0 Å². The second-order valence-corrected chi connectivity index (χ2v) is 8.63. The fourth-order valence-electron chi connectivity index (χ4n) is 3.87. The molecule has 0 heteroatoms. The zero-order valence-electron chi connectivity index (χ0n) is 19.2. The van der Waals surface area contributed by atoms with E-state index >= 15 is 0 Å². The Morgan fingerprint density at radius 1 is 0.536 bits per heavy atom. The summed E-state index contributed by atoms with van der Waals surface area (Å²) in [7, 11) is 0. The van der Waals surface area contributed by atoms with Gasteiger partial charge in [0.05, 0.1) is 0 Å². The fraction of sp³-hybridized carbons (Fsp3) is 0.714. The van der Waals surface area contributed by atoms with Crippen LogP contribution in [-0.2, 0) is 6.42 Å². The zero-order chi connectivity index (χ0) is 20.1. The van der Waals surface area contributed by atoms with Crippen molar-refractivity contribution in [3.05, 3.63) is 41.5 Å². The molecule has 0 aliphatic rings. The zero-order valence-corrected chi connectivity index (χ0v) is 19.2. The van der Waals surface area contributed by atoms with Crippen LogP contribution in [-0.4, -0.2) is 0 Å². The molecule has 0 bridgehead atoms. The molecule has 0 heterocycles. The Morgan fingerprint density at radius 3 is 1.54 bits per heavy atom. The highest BCUT2D eigenvalue weighted by atomic mass is 14.0. The molecule has 0 N–H and O–H groups in total. The van der Waals surface area contributed by atoms with Crippen molar-refractivity contribution in [1.82, 2.24) is 0 Å². The van der Waals surface area contributed by atoms with E-state index < -0.39 is 0 Å². The summed E-state index contributed by atoms with van der Waals surface area (Å²) in [4.78, 5) is 0. The molecule has 0 unspecified atom stereocenters. The minimum atomic E-state index is 1.23. The number of benzene rings is 1. The molecule has 0 saturated heterocycles. The summed E-state index contributed by atoms with van der Waals surface area (Å²) in [6, 6.07) is 9.25. The fourth-order valence-corrected chi connectivity index (χ4v) is 3.87. The van der Waals surface area contributed by atoms with Crippen LogP contribution in [0.1, 0.15) is 134 Å². The van der Waals surface area contributed by atoms with Gasteiger partial charge >= 0.3 is 0 Å². The molecule has 28 heavy (non-hydrogen) atoms. The van der Waals surface area contributed by atoms with E-state index in [2.05, 4.69) is 50.3 Å². The Hall–Kier alpha value is -1.04. The topological polar surface area (TPSA) is 0 Å². The van der Waals surface area contributed by atoms with Crippen LogP contribution in [0.4, 0.5) is 0 Å². The van der Waals surface area contributed by atoms with Crippen LogP contribution in [0.3, 0.4) is 0 Å². The average molecular weight is 385 g/mol. The SMILES string of the molecule is CCCCCCCCCCC=Cc1ccc(CCCCCCCCCC)cc1. The third-order valence-corrected chi connectivity index (χ3v) is 5.83. The number of hydrogen-bond donors (Lipinski definition) is 0. The smallest absolute Gasteiger partial charge is 0.0260 e. The maximum Gasteiger partial charge on any atom is -0.0260 e. The quantitative estimate of drug-likeness (QED) is 0.208. The predicted octanol–water partition coefficient (Wildman–Crippen LogP) is 9.91. The molecule has 160 valence electrons. The number of hydrogen-bond acceptors (Lipinski definition) is 0. The van der Waals surface area contributed by atoms with E-state index in [0.717, 1.165) is 0 Å². The molecule has 0 amide bonds. The highest BCUT2D eigenvalue weighted by Gasteiger charge is 1.96. The summed E-state index contributed by atoms with van der Waals surface area (Å²) in [5, 5.41) is 0. The highest BCUT2D eigenvalue weighted by Crippen LogP contribution is 2.14. The van der Waals surface area contributed by atoms with Gasteiger partial charge in [0.2, 0.25) is 0 Å². The van der Waals surface area contributed by atoms with Gasteiger partial charge in [-0.3, -0.25) is 0 Å². The first-order valence-corrected chi connectivity index (χ1v) is 12.6. The van der Waals surface area contributed by atoms with Crippen molar-refractivity contribution < 1.29 is 0 Å². The van der Waals surface area contributed by atoms with E-state index in [1.54, 1.807) is 0 Å². The van der Waals surface area contributed by atoms with E-state index in [4.69, 9.17) is 0 Å². The van der Waals surface area contributed by atoms with Gasteiger partial charge in [0.1, 0.15) is 0 Å². The van der Waals surface area contributed by atoms with E-state index in [1.807, 2.05) is 0 Å². The number of rotatable bonds is 19. The number of unbranched alkanes of at least 4 members (excludes halogenated alkanes) is 15. The number of aryl methyl sites for hydroxylation is 1. The summed E-state index contributed by atoms with van der Waals surface area (Å²) in [6.45, 7) is 4.58. The normalized spacial score (nSPS) is 11.5. The Kier molecular flexibility index (Phi) is 17.2. The molecule has 0 spiro atoms. The van der Waals surface area contributed by atoms with Crippen molar-refractivity contribution in [2.75, 3.05) is 0 Å². The lowest BCUT2D eigenvalue weighted by Crippen LogP contribution is -1.87. The first-order valence-electron chi connectivity index (χ1n) is 12.6. The maximum absolute atomic E-state index is 2.37. The molecule has 1 rings (SSSR count). The number of allylic oxidation sites excluding steroid dienone is 1. The van der Waals surface area contributed by atoms with Crippen LogP contribution in [0.5, 0.6) is 0 Å². The van der Waals surface area contributed by atoms with Gasteiger partial charge in [0.25, 0.3) is 0 Å². The van der Waals surface area contributed by atoms with Gasteiger partial charge in [-0.2, -0.15) is 0 Å². The third kappa shape index (κ3) is 14.9.